The number of esters is 1. The lowest BCUT2D eigenvalue weighted by molar-refractivity contribution is -0.144. The monoisotopic (exact) mass is 257 g/mol. The van der Waals surface area contributed by atoms with Crippen LogP contribution in [0, 0.1) is 5.92 Å². The third kappa shape index (κ3) is 5.04. The zero-order valence-corrected chi connectivity index (χ0v) is 11.4. The van der Waals surface area contributed by atoms with Crippen molar-refractivity contribution < 1.29 is 19.1 Å². The lowest BCUT2D eigenvalue weighted by Gasteiger charge is -2.26. The molecule has 1 rings (SSSR count). The highest BCUT2D eigenvalue weighted by atomic mass is 16.7. The van der Waals surface area contributed by atoms with Gasteiger partial charge in [0.1, 0.15) is 11.6 Å². The highest BCUT2D eigenvalue weighted by Gasteiger charge is 2.30. The number of carbonyl (C=O) groups is 2. The molecule has 0 radical (unpaired) electrons. The molecule has 1 saturated carbocycles. The Morgan fingerprint density at radius 1 is 1.17 bits per heavy atom. The SMILES string of the molecule is CC(C)(C)OC(=O)OC(=O)[C@@H](N)C1CCCCC1. The van der Waals surface area contributed by atoms with Crippen LogP contribution in [0.1, 0.15) is 52.9 Å². The van der Waals surface area contributed by atoms with Crippen LogP contribution >= 0.6 is 0 Å². The third-order valence-corrected chi connectivity index (χ3v) is 3.00. The molecule has 5 heteroatoms. The van der Waals surface area contributed by atoms with Gasteiger partial charge in [0.05, 0.1) is 0 Å². The Hall–Kier alpha value is -1.10. The summed E-state index contributed by atoms with van der Waals surface area (Å²) >= 11 is 0. The highest BCUT2D eigenvalue weighted by molar-refractivity contribution is 5.85. The summed E-state index contributed by atoms with van der Waals surface area (Å²) < 4.78 is 9.52. The average Bonchev–Trinajstić information content (AvgIpc) is 2.26. The largest absolute Gasteiger partial charge is 0.516 e. The summed E-state index contributed by atoms with van der Waals surface area (Å²) in [5.74, 6) is -0.565. The van der Waals surface area contributed by atoms with Crippen LogP contribution in [0.25, 0.3) is 0 Å². The molecule has 1 fully saturated rings. The Kier molecular flexibility index (Phi) is 5.14. The van der Waals surface area contributed by atoms with E-state index < -0.39 is 23.8 Å². The van der Waals surface area contributed by atoms with Gasteiger partial charge in [-0.1, -0.05) is 19.3 Å². The van der Waals surface area contributed by atoms with Crippen LogP contribution in [0.4, 0.5) is 4.79 Å². The minimum absolute atomic E-state index is 0.119. The van der Waals surface area contributed by atoms with Crippen LogP contribution in [-0.2, 0) is 14.3 Å². The molecular weight excluding hydrogens is 234 g/mol. The molecule has 5 nitrogen and oxygen atoms in total. The molecule has 0 bridgehead atoms. The second-order valence-corrected chi connectivity index (χ2v) is 5.81. The number of ether oxygens (including phenoxy) is 2. The molecule has 0 aliphatic heterocycles. The molecule has 1 aliphatic carbocycles. The molecule has 0 spiro atoms. The molecule has 0 saturated heterocycles. The van der Waals surface area contributed by atoms with Crippen LogP contribution in [0.3, 0.4) is 0 Å². The van der Waals surface area contributed by atoms with Crippen molar-refractivity contribution in [1.82, 2.24) is 0 Å². The summed E-state index contributed by atoms with van der Waals surface area (Å²) in [5.41, 5.74) is 5.15. The van der Waals surface area contributed by atoms with E-state index in [2.05, 4.69) is 4.74 Å². The smallest absolute Gasteiger partial charge is 0.428 e. The Morgan fingerprint density at radius 3 is 2.22 bits per heavy atom. The van der Waals surface area contributed by atoms with Gasteiger partial charge in [0.15, 0.2) is 0 Å². The number of rotatable bonds is 2. The third-order valence-electron chi connectivity index (χ3n) is 3.00. The topological polar surface area (TPSA) is 78.6 Å². The van der Waals surface area contributed by atoms with Crippen LogP contribution < -0.4 is 5.73 Å². The first-order chi connectivity index (χ1) is 8.29. The fourth-order valence-electron chi connectivity index (χ4n) is 2.11. The maximum atomic E-state index is 11.7. The van der Waals surface area contributed by atoms with Crippen LogP contribution in [0.2, 0.25) is 0 Å². The van der Waals surface area contributed by atoms with Gasteiger partial charge in [-0.2, -0.15) is 0 Å². The minimum Gasteiger partial charge on any atom is -0.428 e. The molecule has 104 valence electrons. The first-order valence-corrected chi connectivity index (χ1v) is 6.50. The van der Waals surface area contributed by atoms with Gasteiger partial charge in [-0.25, -0.2) is 9.59 Å². The van der Waals surface area contributed by atoms with Crippen molar-refractivity contribution >= 4 is 12.1 Å². The molecule has 0 aromatic rings. The summed E-state index contributed by atoms with van der Waals surface area (Å²) in [6.07, 6.45) is 4.22. The van der Waals surface area contributed by atoms with Crippen molar-refractivity contribution in [2.75, 3.05) is 0 Å². The van der Waals surface area contributed by atoms with Gasteiger partial charge >= 0.3 is 12.1 Å². The average molecular weight is 257 g/mol. The quantitative estimate of drug-likeness (QED) is 0.607. The highest BCUT2D eigenvalue weighted by Crippen LogP contribution is 2.26. The second-order valence-electron chi connectivity index (χ2n) is 5.81. The Morgan fingerprint density at radius 2 is 1.72 bits per heavy atom. The normalized spacial score (nSPS) is 19.1. The van der Waals surface area contributed by atoms with Gasteiger partial charge < -0.3 is 15.2 Å². The van der Waals surface area contributed by atoms with E-state index in [1.807, 2.05) is 0 Å². The van der Waals surface area contributed by atoms with E-state index in [-0.39, 0.29) is 5.92 Å². The summed E-state index contributed by atoms with van der Waals surface area (Å²) in [7, 11) is 0. The lowest BCUT2D eigenvalue weighted by atomic mass is 9.84. The van der Waals surface area contributed by atoms with Crippen molar-refractivity contribution in [2.45, 2.75) is 64.5 Å². The molecule has 1 aliphatic rings. The zero-order chi connectivity index (χ0) is 13.8. The molecule has 0 aromatic heterocycles. The first-order valence-electron chi connectivity index (χ1n) is 6.50. The fourth-order valence-corrected chi connectivity index (χ4v) is 2.11. The van der Waals surface area contributed by atoms with Gasteiger partial charge in [-0.3, -0.25) is 0 Å². The number of hydrogen-bond donors (Lipinski definition) is 1. The lowest BCUT2D eigenvalue weighted by Crippen LogP contribution is -2.41. The van der Waals surface area contributed by atoms with Gasteiger partial charge in [0.2, 0.25) is 0 Å². The zero-order valence-electron chi connectivity index (χ0n) is 11.4. The van der Waals surface area contributed by atoms with E-state index >= 15 is 0 Å². The van der Waals surface area contributed by atoms with E-state index in [1.54, 1.807) is 20.8 Å². The number of carbonyl (C=O) groups excluding carboxylic acids is 2. The Labute approximate surface area is 108 Å². The van der Waals surface area contributed by atoms with Crippen molar-refractivity contribution in [2.24, 2.45) is 11.7 Å². The van der Waals surface area contributed by atoms with E-state index in [4.69, 9.17) is 10.5 Å². The molecule has 0 aromatic carbocycles. The van der Waals surface area contributed by atoms with Gasteiger partial charge in [-0.15, -0.1) is 0 Å². The van der Waals surface area contributed by atoms with E-state index in [0.717, 1.165) is 25.7 Å². The Bertz CT molecular complexity index is 303. The van der Waals surface area contributed by atoms with E-state index in [0.29, 0.717) is 0 Å². The van der Waals surface area contributed by atoms with Crippen LogP contribution in [0.5, 0.6) is 0 Å². The molecular formula is C13H23NO4. The van der Waals surface area contributed by atoms with Crippen molar-refractivity contribution in [3.63, 3.8) is 0 Å². The summed E-state index contributed by atoms with van der Waals surface area (Å²) in [5, 5.41) is 0. The van der Waals surface area contributed by atoms with E-state index in [1.165, 1.54) is 6.42 Å². The van der Waals surface area contributed by atoms with Crippen molar-refractivity contribution in [3.05, 3.63) is 0 Å². The summed E-state index contributed by atoms with van der Waals surface area (Å²) in [6.45, 7) is 5.12. The molecule has 2 N–H and O–H groups in total. The predicted octanol–water partition coefficient (Wildman–Crippen LogP) is 2.37. The standard InChI is InChI=1S/C13H23NO4/c1-13(2,3)18-12(16)17-11(15)10(14)9-7-5-4-6-8-9/h9-10H,4-8,14H2,1-3H3/t10-/m0/s1. The molecule has 0 unspecified atom stereocenters. The van der Waals surface area contributed by atoms with Crippen molar-refractivity contribution in [3.8, 4) is 0 Å². The molecule has 1 atom stereocenters. The summed E-state index contributed by atoms with van der Waals surface area (Å²) in [6, 6.07) is -0.724. The maximum absolute atomic E-state index is 11.7. The second kappa shape index (κ2) is 6.18. The first kappa shape index (κ1) is 15.0. The van der Waals surface area contributed by atoms with E-state index in [9.17, 15) is 9.59 Å². The summed E-state index contributed by atoms with van der Waals surface area (Å²) in [4.78, 5) is 23.0. The maximum Gasteiger partial charge on any atom is 0.516 e. The van der Waals surface area contributed by atoms with Gasteiger partial charge in [0, 0.05) is 0 Å². The minimum atomic E-state index is -0.973. The predicted molar refractivity (Wildman–Crippen MR) is 66.9 cm³/mol. The molecule has 0 amide bonds. The molecule has 18 heavy (non-hydrogen) atoms. The van der Waals surface area contributed by atoms with Gasteiger partial charge in [0.25, 0.3) is 0 Å². The number of nitrogens with two attached hydrogens (primary N) is 1. The van der Waals surface area contributed by atoms with Crippen LogP contribution in [-0.4, -0.2) is 23.8 Å². The molecule has 0 heterocycles. The van der Waals surface area contributed by atoms with Gasteiger partial charge in [-0.05, 0) is 39.5 Å². The Balaban J connectivity index is 2.41. The fraction of sp³-hybridized carbons (Fsp3) is 0.846. The van der Waals surface area contributed by atoms with Crippen LogP contribution in [0.15, 0.2) is 0 Å². The number of hydrogen-bond acceptors (Lipinski definition) is 5. The van der Waals surface area contributed by atoms with Crippen molar-refractivity contribution in [1.29, 1.82) is 0 Å².